The van der Waals surface area contributed by atoms with Crippen LogP contribution in [0.4, 0.5) is 0 Å². The minimum atomic E-state index is -1.28. The number of ether oxygens (including phenoxy) is 1. The van der Waals surface area contributed by atoms with E-state index in [1.165, 1.54) is 0 Å². The molecule has 2 aromatic rings. The minimum absolute atomic E-state index is 0.420. The minimum Gasteiger partial charge on any atom is -0.546 e. The molecule has 0 radical (unpaired) electrons. The van der Waals surface area contributed by atoms with Gasteiger partial charge in [-0.25, -0.2) is 4.68 Å². The average molecular weight is 273 g/mol. The Kier molecular flexibility index (Phi) is 4.09. The van der Waals surface area contributed by atoms with Crippen LogP contribution in [0.3, 0.4) is 0 Å². The SMILES string of the molecule is Cc1nnc(C)n1/N=C/c1ccccc1OCC(=O)[O-]. The van der Waals surface area contributed by atoms with Gasteiger partial charge in [0.05, 0.1) is 12.2 Å². The molecule has 0 aliphatic heterocycles. The molecule has 1 heterocycles. The van der Waals surface area contributed by atoms with Crippen LogP contribution in [0.1, 0.15) is 17.2 Å². The van der Waals surface area contributed by atoms with Crippen LogP contribution in [0.5, 0.6) is 5.75 Å². The number of carboxylic acids is 1. The summed E-state index contributed by atoms with van der Waals surface area (Å²) in [4.78, 5) is 10.4. The fraction of sp³-hybridized carbons (Fsp3) is 0.231. The normalized spacial score (nSPS) is 10.9. The highest BCUT2D eigenvalue weighted by atomic mass is 16.5. The van der Waals surface area contributed by atoms with E-state index >= 15 is 0 Å². The summed E-state index contributed by atoms with van der Waals surface area (Å²) in [5.74, 6) is 0.463. The largest absolute Gasteiger partial charge is 0.546 e. The molecule has 1 aromatic heterocycles. The van der Waals surface area contributed by atoms with Gasteiger partial charge in [-0.1, -0.05) is 12.1 Å². The summed E-state index contributed by atoms with van der Waals surface area (Å²) in [7, 11) is 0. The van der Waals surface area contributed by atoms with E-state index in [0.29, 0.717) is 23.0 Å². The van der Waals surface area contributed by atoms with Crippen molar-refractivity contribution in [3.8, 4) is 5.75 Å². The predicted molar refractivity (Wildman–Crippen MR) is 69.4 cm³/mol. The van der Waals surface area contributed by atoms with Crippen molar-refractivity contribution in [3.63, 3.8) is 0 Å². The van der Waals surface area contributed by atoms with Crippen molar-refractivity contribution in [1.29, 1.82) is 0 Å². The van der Waals surface area contributed by atoms with Crippen LogP contribution in [0.25, 0.3) is 0 Å². The first-order valence-electron chi connectivity index (χ1n) is 5.92. The summed E-state index contributed by atoms with van der Waals surface area (Å²) < 4.78 is 6.71. The molecule has 7 heteroatoms. The molecule has 0 atom stereocenters. The molecule has 0 amide bonds. The Morgan fingerprint density at radius 2 is 2.00 bits per heavy atom. The smallest absolute Gasteiger partial charge is 0.151 e. The number of rotatable bonds is 5. The Morgan fingerprint density at radius 3 is 2.65 bits per heavy atom. The second-order valence-corrected chi connectivity index (χ2v) is 4.05. The van der Waals surface area contributed by atoms with E-state index in [0.717, 1.165) is 0 Å². The Balaban J connectivity index is 2.23. The van der Waals surface area contributed by atoms with E-state index in [1.807, 2.05) is 0 Å². The molecule has 0 unspecified atom stereocenters. The average Bonchev–Trinajstić information content (AvgIpc) is 2.74. The zero-order valence-corrected chi connectivity index (χ0v) is 11.1. The molecule has 0 N–H and O–H groups in total. The number of aromatic nitrogens is 3. The van der Waals surface area contributed by atoms with Gasteiger partial charge in [0, 0.05) is 5.56 Å². The molecular formula is C13H13N4O3-. The third-order valence-electron chi connectivity index (χ3n) is 2.53. The number of para-hydroxylation sites is 1. The van der Waals surface area contributed by atoms with E-state index in [-0.39, 0.29) is 0 Å². The molecule has 1 aromatic carbocycles. The Bertz CT molecular complexity index is 629. The van der Waals surface area contributed by atoms with Crippen molar-refractivity contribution < 1.29 is 14.6 Å². The van der Waals surface area contributed by atoms with Gasteiger partial charge in [0.1, 0.15) is 12.4 Å². The maximum atomic E-state index is 10.4. The fourth-order valence-electron chi connectivity index (χ4n) is 1.61. The van der Waals surface area contributed by atoms with Crippen molar-refractivity contribution in [3.05, 3.63) is 41.5 Å². The van der Waals surface area contributed by atoms with E-state index < -0.39 is 12.6 Å². The molecule has 0 bridgehead atoms. The Labute approximate surface area is 115 Å². The quantitative estimate of drug-likeness (QED) is 0.710. The maximum Gasteiger partial charge on any atom is 0.151 e. The van der Waals surface area contributed by atoms with Gasteiger partial charge in [0.15, 0.2) is 11.6 Å². The standard InChI is InChI=1S/C13H14N4O3/c1-9-15-16-10(2)17(9)14-7-11-5-3-4-6-12(11)20-8-13(18)19/h3-7H,8H2,1-2H3,(H,18,19)/p-1/b14-7+. The summed E-state index contributed by atoms with van der Waals surface area (Å²) in [6, 6.07) is 6.98. The molecule has 0 aliphatic carbocycles. The van der Waals surface area contributed by atoms with Gasteiger partial charge in [-0.2, -0.15) is 5.10 Å². The number of carbonyl (C=O) groups is 1. The molecule has 0 spiro atoms. The summed E-state index contributed by atoms with van der Waals surface area (Å²) in [6.07, 6.45) is 1.56. The van der Waals surface area contributed by atoms with Crippen LogP contribution >= 0.6 is 0 Å². The summed E-state index contributed by atoms with van der Waals surface area (Å²) in [5.41, 5.74) is 0.654. The van der Waals surface area contributed by atoms with Gasteiger partial charge in [0.2, 0.25) is 0 Å². The first kappa shape index (κ1) is 13.7. The molecule has 2 rings (SSSR count). The maximum absolute atomic E-state index is 10.4. The first-order valence-corrected chi connectivity index (χ1v) is 5.92. The Morgan fingerprint density at radius 1 is 1.35 bits per heavy atom. The van der Waals surface area contributed by atoms with Gasteiger partial charge in [-0.05, 0) is 26.0 Å². The number of carboxylic acid groups (broad SMARTS) is 1. The first-order chi connectivity index (χ1) is 9.58. The van der Waals surface area contributed by atoms with Crippen LogP contribution in [-0.2, 0) is 4.79 Å². The van der Waals surface area contributed by atoms with Crippen LogP contribution in [0.2, 0.25) is 0 Å². The number of hydrogen-bond donors (Lipinski definition) is 0. The third kappa shape index (κ3) is 3.19. The van der Waals surface area contributed by atoms with Crippen LogP contribution in [-0.4, -0.2) is 33.7 Å². The van der Waals surface area contributed by atoms with Gasteiger partial charge in [0.25, 0.3) is 0 Å². The lowest BCUT2D eigenvalue weighted by atomic mass is 10.2. The third-order valence-corrected chi connectivity index (χ3v) is 2.53. The number of carbonyl (C=O) groups excluding carboxylic acids is 1. The predicted octanol–water partition coefficient (Wildman–Crippen LogP) is -0.0942. The zero-order valence-electron chi connectivity index (χ0n) is 11.1. The van der Waals surface area contributed by atoms with Gasteiger partial charge < -0.3 is 14.6 Å². The van der Waals surface area contributed by atoms with Crippen molar-refractivity contribution >= 4 is 12.2 Å². The van der Waals surface area contributed by atoms with Crippen molar-refractivity contribution in [2.24, 2.45) is 5.10 Å². The summed E-state index contributed by atoms with van der Waals surface area (Å²) in [5, 5.41) is 22.5. The van der Waals surface area contributed by atoms with E-state index in [2.05, 4.69) is 15.3 Å². The molecular weight excluding hydrogens is 260 g/mol. The zero-order chi connectivity index (χ0) is 14.5. The van der Waals surface area contributed by atoms with Crippen LogP contribution in [0.15, 0.2) is 29.4 Å². The summed E-state index contributed by atoms with van der Waals surface area (Å²) in [6.45, 7) is 3.07. The highest BCUT2D eigenvalue weighted by Gasteiger charge is 2.03. The monoisotopic (exact) mass is 273 g/mol. The number of nitrogens with zero attached hydrogens (tertiary/aromatic N) is 4. The highest BCUT2D eigenvalue weighted by molar-refractivity contribution is 5.83. The molecule has 7 nitrogen and oxygen atoms in total. The van der Waals surface area contributed by atoms with Crippen molar-refractivity contribution in [1.82, 2.24) is 14.9 Å². The van der Waals surface area contributed by atoms with E-state index in [9.17, 15) is 9.90 Å². The van der Waals surface area contributed by atoms with E-state index in [4.69, 9.17) is 4.74 Å². The second kappa shape index (κ2) is 5.96. The number of aryl methyl sites for hydroxylation is 2. The molecule has 0 saturated heterocycles. The van der Waals surface area contributed by atoms with Gasteiger partial charge >= 0.3 is 0 Å². The van der Waals surface area contributed by atoms with E-state index in [1.54, 1.807) is 49.0 Å². The lowest BCUT2D eigenvalue weighted by molar-refractivity contribution is -0.307. The molecule has 0 fully saturated rings. The lowest BCUT2D eigenvalue weighted by Crippen LogP contribution is -2.29. The molecule has 0 saturated carbocycles. The molecule has 0 aliphatic rings. The Hall–Kier alpha value is -2.70. The van der Waals surface area contributed by atoms with Gasteiger partial charge in [-0.3, -0.25) is 0 Å². The van der Waals surface area contributed by atoms with Crippen LogP contribution in [0, 0.1) is 13.8 Å². The van der Waals surface area contributed by atoms with Gasteiger partial charge in [-0.15, -0.1) is 10.2 Å². The molecule has 20 heavy (non-hydrogen) atoms. The summed E-state index contributed by atoms with van der Waals surface area (Å²) >= 11 is 0. The number of aliphatic carboxylic acids is 1. The molecule has 104 valence electrons. The number of hydrogen-bond acceptors (Lipinski definition) is 6. The topological polar surface area (TPSA) is 92.4 Å². The number of benzene rings is 1. The van der Waals surface area contributed by atoms with Crippen molar-refractivity contribution in [2.75, 3.05) is 6.61 Å². The van der Waals surface area contributed by atoms with Crippen molar-refractivity contribution in [2.45, 2.75) is 13.8 Å². The highest BCUT2D eigenvalue weighted by Crippen LogP contribution is 2.15. The lowest BCUT2D eigenvalue weighted by Gasteiger charge is -2.09. The second-order valence-electron chi connectivity index (χ2n) is 4.05. The van der Waals surface area contributed by atoms with Crippen LogP contribution < -0.4 is 9.84 Å². The fourth-order valence-corrected chi connectivity index (χ4v) is 1.61.